The number of likely N-dealkylation sites (N-methyl/N-ethyl adjacent to an activating group) is 1. The molecule has 2 rings (SSSR count). The van der Waals surface area contributed by atoms with Crippen LogP contribution in [-0.4, -0.2) is 57.1 Å². The summed E-state index contributed by atoms with van der Waals surface area (Å²) in [6.45, 7) is 3.36. The molecule has 0 aromatic heterocycles. The number of benzene rings is 2. The van der Waals surface area contributed by atoms with Crippen LogP contribution in [0.3, 0.4) is 0 Å². The minimum atomic E-state index is -3.81. The molecule has 8 heteroatoms. The van der Waals surface area contributed by atoms with Crippen molar-refractivity contribution < 1.29 is 18.0 Å². The third-order valence-corrected chi connectivity index (χ3v) is 6.19. The number of nitrogens with zero attached hydrogens (tertiary/aromatic N) is 2. The van der Waals surface area contributed by atoms with Gasteiger partial charge in [0.1, 0.15) is 0 Å². The van der Waals surface area contributed by atoms with Crippen LogP contribution in [0.1, 0.15) is 21.5 Å². The third kappa shape index (κ3) is 4.76. The van der Waals surface area contributed by atoms with Gasteiger partial charge in [-0.15, -0.1) is 0 Å². The fourth-order valence-corrected chi connectivity index (χ4v) is 3.76. The quantitative estimate of drug-likeness (QED) is 0.802. The van der Waals surface area contributed by atoms with E-state index in [-0.39, 0.29) is 17.3 Å². The molecule has 2 aromatic rings. The topological polar surface area (TPSA) is 86.8 Å². The lowest BCUT2D eigenvalue weighted by Gasteiger charge is -2.19. The molecule has 1 N–H and O–H groups in total. The molecule has 0 fully saturated rings. The molecule has 0 aliphatic rings. The Kier molecular flexibility index (Phi) is 6.58. The number of hydrogen-bond donors (Lipinski definition) is 1. The Bertz CT molecular complexity index is 1000. The summed E-state index contributed by atoms with van der Waals surface area (Å²) in [7, 11) is 0.772. The molecule has 0 aliphatic carbocycles. The minimum absolute atomic E-state index is 0.133. The second kappa shape index (κ2) is 8.53. The van der Waals surface area contributed by atoms with E-state index in [9.17, 15) is 18.0 Å². The van der Waals surface area contributed by atoms with Crippen LogP contribution in [0.4, 0.5) is 5.69 Å². The number of carbonyl (C=O) groups is 2. The van der Waals surface area contributed by atoms with Crippen molar-refractivity contribution in [3.05, 3.63) is 59.2 Å². The second-order valence-electron chi connectivity index (χ2n) is 6.80. The van der Waals surface area contributed by atoms with E-state index in [1.54, 1.807) is 50.5 Å². The first-order chi connectivity index (χ1) is 13.0. The molecule has 0 heterocycles. The molecule has 0 saturated heterocycles. The molecule has 0 saturated carbocycles. The Balaban J connectivity index is 2.17. The number of para-hydroxylation sites is 1. The van der Waals surface area contributed by atoms with E-state index in [1.165, 1.54) is 18.0 Å². The van der Waals surface area contributed by atoms with Crippen LogP contribution >= 0.6 is 0 Å². The van der Waals surface area contributed by atoms with Gasteiger partial charge in [0.15, 0.2) is 0 Å². The van der Waals surface area contributed by atoms with Crippen LogP contribution in [0.15, 0.2) is 47.4 Å². The van der Waals surface area contributed by atoms with E-state index in [2.05, 4.69) is 5.32 Å². The fourth-order valence-electron chi connectivity index (χ4n) is 2.55. The summed E-state index contributed by atoms with van der Waals surface area (Å²) >= 11 is 0. The Morgan fingerprint density at radius 1 is 0.964 bits per heavy atom. The van der Waals surface area contributed by atoms with Gasteiger partial charge < -0.3 is 10.2 Å². The second-order valence-corrected chi connectivity index (χ2v) is 8.85. The number of anilines is 1. The number of aryl methyl sites for hydroxylation is 2. The maximum absolute atomic E-state index is 12.7. The van der Waals surface area contributed by atoms with Crippen LogP contribution in [0, 0.1) is 13.8 Å². The molecule has 0 bridgehead atoms. The lowest BCUT2D eigenvalue weighted by molar-refractivity contribution is -0.116. The molecule has 0 radical (unpaired) electrons. The molecule has 0 unspecified atom stereocenters. The monoisotopic (exact) mass is 403 g/mol. The van der Waals surface area contributed by atoms with E-state index >= 15 is 0 Å². The van der Waals surface area contributed by atoms with Crippen LogP contribution in [0.25, 0.3) is 0 Å². The molecule has 2 aromatic carbocycles. The average molecular weight is 404 g/mol. The molecule has 0 aliphatic heterocycles. The summed E-state index contributed by atoms with van der Waals surface area (Å²) in [6, 6.07) is 11.4. The first kappa shape index (κ1) is 21.6. The highest BCUT2D eigenvalue weighted by atomic mass is 32.2. The van der Waals surface area contributed by atoms with Crippen LogP contribution in [0.2, 0.25) is 0 Å². The van der Waals surface area contributed by atoms with Gasteiger partial charge in [-0.05, 0) is 49.2 Å². The molecule has 0 spiro atoms. The highest BCUT2D eigenvalue weighted by Gasteiger charge is 2.24. The normalized spacial score (nSPS) is 11.4. The lowest BCUT2D eigenvalue weighted by Crippen LogP contribution is -2.35. The van der Waals surface area contributed by atoms with Gasteiger partial charge in [-0.25, -0.2) is 8.42 Å². The zero-order chi connectivity index (χ0) is 21.1. The van der Waals surface area contributed by atoms with Gasteiger partial charge in [-0.1, -0.05) is 18.2 Å². The molecule has 0 atom stereocenters. The van der Waals surface area contributed by atoms with Crippen molar-refractivity contribution >= 4 is 27.5 Å². The van der Waals surface area contributed by atoms with Crippen molar-refractivity contribution in [1.82, 2.24) is 9.21 Å². The average Bonchev–Trinajstić information content (AvgIpc) is 2.63. The largest absolute Gasteiger partial charge is 0.345 e. The first-order valence-corrected chi connectivity index (χ1v) is 10.1. The number of rotatable bonds is 6. The van der Waals surface area contributed by atoms with E-state index in [0.717, 1.165) is 15.4 Å². The zero-order valence-corrected chi connectivity index (χ0v) is 17.5. The lowest BCUT2D eigenvalue weighted by atomic mass is 10.1. The fraction of sp³-hybridized carbons (Fsp3) is 0.300. The predicted octanol–water partition coefficient (Wildman–Crippen LogP) is 2.26. The highest BCUT2D eigenvalue weighted by molar-refractivity contribution is 7.89. The molecule has 150 valence electrons. The molecular formula is C20H25N3O4S. The molecular weight excluding hydrogens is 378 g/mol. The summed E-state index contributed by atoms with van der Waals surface area (Å²) < 4.78 is 26.5. The number of carbonyl (C=O) groups excluding carboxylic acids is 2. The summed E-state index contributed by atoms with van der Waals surface area (Å²) in [5.74, 6) is -0.791. The van der Waals surface area contributed by atoms with Gasteiger partial charge in [-0.2, -0.15) is 4.31 Å². The third-order valence-electron chi connectivity index (χ3n) is 4.39. The van der Waals surface area contributed by atoms with E-state index < -0.39 is 15.9 Å². The van der Waals surface area contributed by atoms with Crippen molar-refractivity contribution in [2.24, 2.45) is 0 Å². The van der Waals surface area contributed by atoms with E-state index in [0.29, 0.717) is 11.3 Å². The molecule has 7 nitrogen and oxygen atoms in total. The van der Waals surface area contributed by atoms with Gasteiger partial charge in [0.2, 0.25) is 15.9 Å². The number of nitrogens with one attached hydrogen (secondary N) is 1. The zero-order valence-electron chi connectivity index (χ0n) is 16.7. The summed E-state index contributed by atoms with van der Waals surface area (Å²) in [4.78, 5) is 26.2. The SMILES string of the molecule is Cc1ccc(S(=O)(=O)N(C)CC(=O)Nc2ccccc2C(=O)N(C)C)cc1C. The van der Waals surface area contributed by atoms with Crippen LogP contribution in [-0.2, 0) is 14.8 Å². The van der Waals surface area contributed by atoms with Gasteiger partial charge in [-0.3, -0.25) is 9.59 Å². The van der Waals surface area contributed by atoms with Crippen molar-refractivity contribution in [1.29, 1.82) is 0 Å². The standard InChI is InChI=1S/C20H25N3O4S/c1-14-10-11-16(12-15(14)2)28(26,27)23(5)13-19(24)21-18-9-7-6-8-17(18)20(25)22(3)4/h6-12H,13H2,1-5H3,(H,21,24). The summed E-state index contributed by atoms with van der Waals surface area (Å²) in [6.07, 6.45) is 0. The smallest absolute Gasteiger partial charge is 0.255 e. The molecule has 28 heavy (non-hydrogen) atoms. The van der Waals surface area contributed by atoms with Gasteiger partial charge in [0, 0.05) is 21.1 Å². The Labute approximate surface area is 166 Å². The van der Waals surface area contributed by atoms with Gasteiger partial charge in [0.25, 0.3) is 5.91 Å². The van der Waals surface area contributed by atoms with Gasteiger partial charge >= 0.3 is 0 Å². The Morgan fingerprint density at radius 3 is 2.21 bits per heavy atom. The summed E-state index contributed by atoms with van der Waals surface area (Å²) in [5, 5.41) is 2.63. The minimum Gasteiger partial charge on any atom is -0.345 e. The van der Waals surface area contributed by atoms with Gasteiger partial charge in [0.05, 0.1) is 22.7 Å². The van der Waals surface area contributed by atoms with Crippen LogP contribution in [0.5, 0.6) is 0 Å². The number of amides is 2. The van der Waals surface area contributed by atoms with E-state index in [1.807, 2.05) is 13.8 Å². The Morgan fingerprint density at radius 2 is 1.61 bits per heavy atom. The number of sulfonamides is 1. The maximum Gasteiger partial charge on any atom is 0.255 e. The predicted molar refractivity (Wildman–Crippen MR) is 109 cm³/mol. The maximum atomic E-state index is 12.7. The summed E-state index contributed by atoms with van der Waals surface area (Å²) in [5.41, 5.74) is 2.51. The van der Waals surface area contributed by atoms with Crippen molar-refractivity contribution in [2.45, 2.75) is 18.7 Å². The van der Waals surface area contributed by atoms with Crippen molar-refractivity contribution in [3.8, 4) is 0 Å². The van der Waals surface area contributed by atoms with Crippen molar-refractivity contribution in [2.75, 3.05) is 33.0 Å². The first-order valence-electron chi connectivity index (χ1n) is 8.68. The van der Waals surface area contributed by atoms with Crippen molar-refractivity contribution in [3.63, 3.8) is 0 Å². The molecule has 2 amide bonds. The Hall–Kier alpha value is -2.71. The number of hydrogen-bond acceptors (Lipinski definition) is 4. The van der Waals surface area contributed by atoms with Crippen LogP contribution < -0.4 is 5.32 Å². The van der Waals surface area contributed by atoms with E-state index in [4.69, 9.17) is 0 Å². The highest BCUT2D eigenvalue weighted by Crippen LogP contribution is 2.19.